The number of hydrogen-bond acceptors (Lipinski definition) is 5. The zero-order valence-corrected chi connectivity index (χ0v) is 12.4. The molecular formula is C13H14F3O5S-. The van der Waals surface area contributed by atoms with Crippen LogP contribution >= 0.6 is 0 Å². The highest BCUT2D eigenvalue weighted by molar-refractivity contribution is 7.87. The topological polar surface area (TPSA) is 83.5 Å². The zero-order chi connectivity index (χ0) is 17.0. The van der Waals surface area contributed by atoms with E-state index in [1.165, 1.54) is 19.1 Å². The first-order chi connectivity index (χ1) is 10.0. The van der Waals surface area contributed by atoms with Gasteiger partial charge >= 0.3 is 15.6 Å². The van der Waals surface area contributed by atoms with Gasteiger partial charge in [-0.3, -0.25) is 4.18 Å². The van der Waals surface area contributed by atoms with Crippen LogP contribution in [0.25, 0.3) is 0 Å². The molecule has 0 fully saturated rings. The first-order valence-corrected chi connectivity index (χ1v) is 7.72. The van der Waals surface area contributed by atoms with Crippen LogP contribution in [0.15, 0.2) is 30.3 Å². The Bertz CT molecular complexity index is 612. The van der Waals surface area contributed by atoms with Crippen molar-refractivity contribution in [1.82, 2.24) is 0 Å². The Hall–Kier alpha value is -1.61. The summed E-state index contributed by atoms with van der Waals surface area (Å²) >= 11 is 0. The molecule has 0 N–H and O–H groups in total. The average molecular weight is 339 g/mol. The predicted octanol–water partition coefficient (Wildman–Crippen LogP) is 1.38. The lowest BCUT2D eigenvalue weighted by molar-refractivity contribution is -0.323. The highest BCUT2D eigenvalue weighted by Crippen LogP contribution is 2.33. The summed E-state index contributed by atoms with van der Waals surface area (Å²) in [6.07, 6.45) is -0.910. The number of carboxylic acids is 1. The molecule has 0 heterocycles. The van der Waals surface area contributed by atoms with Crippen LogP contribution in [0.1, 0.15) is 25.3 Å². The fraction of sp³-hybridized carbons (Fsp3) is 0.462. The lowest BCUT2D eigenvalue weighted by Gasteiger charge is -2.34. The van der Waals surface area contributed by atoms with Crippen molar-refractivity contribution in [3.8, 4) is 0 Å². The molecule has 9 heteroatoms. The maximum absolute atomic E-state index is 12.5. The standard InChI is InChI=1S/C13H15F3O5S/c1-2-8-12(11(17)18,9-10-6-4-3-5-7-10)21-22(19,20)13(14,15)16/h3-7H,2,8-9H2,1H3,(H,17,18)/p-1/t12-/m1/s1. The van der Waals surface area contributed by atoms with Crippen LogP contribution in [-0.2, 0) is 25.5 Å². The Morgan fingerprint density at radius 3 is 2.18 bits per heavy atom. The number of benzene rings is 1. The smallest absolute Gasteiger partial charge is 0.523 e. The number of hydrogen-bond donors (Lipinski definition) is 0. The van der Waals surface area contributed by atoms with Crippen LogP contribution in [0.5, 0.6) is 0 Å². The van der Waals surface area contributed by atoms with Crippen molar-refractivity contribution >= 4 is 16.1 Å². The molecular weight excluding hydrogens is 325 g/mol. The fourth-order valence-electron chi connectivity index (χ4n) is 1.95. The first-order valence-electron chi connectivity index (χ1n) is 6.31. The minimum absolute atomic E-state index is 0.0915. The van der Waals surface area contributed by atoms with Crippen molar-refractivity contribution in [3.05, 3.63) is 35.9 Å². The Balaban J connectivity index is 3.25. The van der Waals surface area contributed by atoms with E-state index in [2.05, 4.69) is 4.18 Å². The summed E-state index contributed by atoms with van der Waals surface area (Å²) < 4.78 is 63.9. The molecule has 5 nitrogen and oxygen atoms in total. The van der Waals surface area contributed by atoms with E-state index < -0.39 is 40.0 Å². The molecule has 1 atom stereocenters. The SMILES string of the molecule is CCC[C@](Cc1ccccc1)(OS(=O)(=O)C(F)(F)F)C(=O)[O-]. The van der Waals surface area contributed by atoms with Gasteiger partial charge in [-0.1, -0.05) is 43.7 Å². The summed E-state index contributed by atoms with van der Waals surface area (Å²) in [6, 6.07) is 7.62. The van der Waals surface area contributed by atoms with E-state index in [1.807, 2.05) is 0 Å². The first kappa shape index (κ1) is 18.4. The van der Waals surface area contributed by atoms with Gasteiger partial charge in [-0.2, -0.15) is 21.6 Å². The number of carbonyl (C=O) groups excluding carboxylic acids is 1. The summed E-state index contributed by atoms with van der Waals surface area (Å²) in [5, 5.41) is 11.4. The van der Waals surface area contributed by atoms with E-state index in [0.717, 1.165) is 0 Å². The van der Waals surface area contributed by atoms with Gasteiger partial charge in [0, 0.05) is 6.42 Å². The largest absolute Gasteiger partial charge is 0.547 e. The van der Waals surface area contributed by atoms with Crippen LogP contribution in [0.2, 0.25) is 0 Å². The maximum Gasteiger partial charge on any atom is 0.523 e. The molecule has 0 aromatic heterocycles. The molecule has 0 spiro atoms. The average Bonchev–Trinajstić information content (AvgIpc) is 2.38. The Kier molecular flexibility index (Phi) is 5.58. The van der Waals surface area contributed by atoms with Crippen LogP contribution < -0.4 is 5.11 Å². The van der Waals surface area contributed by atoms with Crippen molar-refractivity contribution in [3.63, 3.8) is 0 Å². The van der Waals surface area contributed by atoms with Gasteiger partial charge < -0.3 is 9.90 Å². The van der Waals surface area contributed by atoms with E-state index in [0.29, 0.717) is 5.56 Å². The van der Waals surface area contributed by atoms with Crippen LogP contribution in [0.3, 0.4) is 0 Å². The van der Waals surface area contributed by atoms with Crippen molar-refractivity contribution < 1.29 is 35.7 Å². The number of halogens is 3. The number of aliphatic carboxylic acids is 1. The number of carbonyl (C=O) groups is 1. The molecule has 1 aromatic rings. The van der Waals surface area contributed by atoms with Gasteiger partial charge in [0.2, 0.25) is 0 Å². The quantitative estimate of drug-likeness (QED) is 0.554. The third-order valence-corrected chi connectivity index (χ3v) is 4.02. The molecule has 0 amide bonds. The number of carboxylic acid groups (broad SMARTS) is 1. The molecule has 0 saturated heterocycles. The van der Waals surface area contributed by atoms with E-state index in [1.54, 1.807) is 18.2 Å². The van der Waals surface area contributed by atoms with Gasteiger partial charge in [-0.05, 0) is 12.0 Å². The minimum atomic E-state index is -6.06. The van der Waals surface area contributed by atoms with Crippen molar-refractivity contribution in [1.29, 1.82) is 0 Å². The predicted molar refractivity (Wildman–Crippen MR) is 68.9 cm³/mol. The molecule has 1 rings (SSSR count). The minimum Gasteiger partial charge on any atom is -0.547 e. The molecule has 0 unspecified atom stereocenters. The molecule has 0 aliphatic carbocycles. The van der Waals surface area contributed by atoms with Crippen LogP contribution in [-0.4, -0.2) is 25.5 Å². The van der Waals surface area contributed by atoms with Crippen molar-refractivity contribution in [2.45, 2.75) is 37.3 Å². The van der Waals surface area contributed by atoms with E-state index in [9.17, 15) is 31.5 Å². The van der Waals surface area contributed by atoms with Gasteiger partial charge in [0.25, 0.3) is 0 Å². The third kappa shape index (κ3) is 4.20. The van der Waals surface area contributed by atoms with E-state index >= 15 is 0 Å². The summed E-state index contributed by atoms with van der Waals surface area (Å²) in [5.74, 6) is -2.01. The van der Waals surface area contributed by atoms with Gasteiger partial charge in [0.1, 0.15) is 5.60 Å². The van der Waals surface area contributed by atoms with Gasteiger partial charge in [0.05, 0.1) is 5.97 Å². The second-order valence-electron chi connectivity index (χ2n) is 4.68. The van der Waals surface area contributed by atoms with Crippen LogP contribution in [0.4, 0.5) is 13.2 Å². The molecule has 0 bridgehead atoms. The maximum atomic E-state index is 12.5. The highest BCUT2D eigenvalue weighted by Gasteiger charge is 2.52. The molecule has 0 radical (unpaired) electrons. The molecule has 22 heavy (non-hydrogen) atoms. The molecule has 0 aliphatic rings. The number of rotatable bonds is 7. The zero-order valence-electron chi connectivity index (χ0n) is 11.6. The summed E-state index contributed by atoms with van der Waals surface area (Å²) in [5.41, 5.74) is -8.00. The van der Waals surface area contributed by atoms with Crippen LogP contribution in [0, 0.1) is 0 Å². The Morgan fingerprint density at radius 1 is 1.23 bits per heavy atom. The monoisotopic (exact) mass is 339 g/mol. The summed E-state index contributed by atoms with van der Waals surface area (Å²) in [4.78, 5) is 11.4. The fourth-order valence-corrected chi connectivity index (χ4v) is 2.68. The van der Waals surface area contributed by atoms with E-state index in [-0.39, 0.29) is 6.42 Å². The summed E-state index contributed by atoms with van der Waals surface area (Å²) in [7, 11) is -6.06. The molecule has 0 aliphatic heterocycles. The summed E-state index contributed by atoms with van der Waals surface area (Å²) in [6.45, 7) is 1.49. The van der Waals surface area contributed by atoms with Gasteiger partial charge in [-0.25, -0.2) is 0 Å². The lowest BCUT2D eigenvalue weighted by Crippen LogP contribution is -2.54. The lowest BCUT2D eigenvalue weighted by atomic mass is 9.90. The molecule has 1 aromatic carbocycles. The van der Waals surface area contributed by atoms with Gasteiger partial charge in [-0.15, -0.1) is 0 Å². The third-order valence-electron chi connectivity index (χ3n) is 2.91. The highest BCUT2D eigenvalue weighted by atomic mass is 32.2. The normalized spacial score (nSPS) is 15.3. The van der Waals surface area contributed by atoms with Crippen molar-refractivity contribution in [2.24, 2.45) is 0 Å². The van der Waals surface area contributed by atoms with Gasteiger partial charge in [0.15, 0.2) is 0 Å². The second kappa shape index (κ2) is 6.66. The van der Waals surface area contributed by atoms with E-state index in [4.69, 9.17) is 0 Å². The number of alkyl halides is 3. The molecule has 0 saturated carbocycles. The second-order valence-corrected chi connectivity index (χ2v) is 6.22. The molecule has 124 valence electrons. The Labute approximate surface area is 125 Å². The van der Waals surface area contributed by atoms with Crippen molar-refractivity contribution in [2.75, 3.05) is 0 Å². The Morgan fingerprint density at radius 2 is 1.77 bits per heavy atom.